The molecule has 25 heavy (non-hydrogen) atoms. The average molecular weight is 360 g/mol. The van der Waals surface area contributed by atoms with Crippen molar-refractivity contribution in [2.45, 2.75) is 13.3 Å². The predicted molar refractivity (Wildman–Crippen MR) is 98.0 cm³/mol. The molecular weight excluding hydrogens is 342 g/mol. The van der Waals surface area contributed by atoms with Gasteiger partial charge in [0.25, 0.3) is 0 Å². The molecular formula is C18H18ClN3O3. The highest BCUT2D eigenvalue weighted by atomic mass is 35.5. The smallest absolute Gasteiger partial charge is 0.249 e. The van der Waals surface area contributed by atoms with Crippen LogP contribution in [0.25, 0.3) is 0 Å². The highest BCUT2D eigenvalue weighted by Crippen LogP contribution is 2.20. The molecule has 0 bridgehead atoms. The summed E-state index contributed by atoms with van der Waals surface area (Å²) in [7, 11) is 0. The Kier molecular flexibility index (Phi) is 6.98. The first-order valence-electron chi connectivity index (χ1n) is 7.67. The Morgan fingerprint density at radius 1 is 1.16 bits per heavy atom. The maximum atomic E-state index is 11.8. The average Bonchev–Trinajstić information content (AvgIpc) is 2.57. The number of ether oxygens (including phenoxy) is 1. The summed E-state index contributed by atoms with van der Waals surface area (Å²) in [4.78, 5) is 23.6. The number of hydrazone groups is 1. The second-order valence-electron chi connectivity index (χ2n) is 5.00. The molecule has 2 rings (SSSR count). The number of nitrogens with one attached hydrogen (secondary N) is 2. The van der Waals surface area contributed by atoms with Crippen LogP contribution in [0.2, 0.25) is 5.02 Å². The van der Waals surface area contributed by atoms with E-state index < -0.39 is 11.8 Å². The zero-order chi connectivity index (χ0) is 18.1. The Hall–Kier alpha value is -2.86. The molecule has 0 aliphatic rings. The van der Waals surface area contributed by atoms with Crippen LogP contribution in [0.1, 0.15) is 18.9 Å². The number of rotatable bonds is 7. The molecule has 0 fully saturated rings. The van der Waals surface area contributed by atoms with Gasteiger partial charge in [0, 0.05) is 0 Å². The molecule has 0 aromatic heterocycles. The first-order valence-corrected chi connectivity index (χ1v) is 8.05. The molecule has 0 atom stereocenters. The minimum atomic E-state index is -0.526. The maximum Gasteiger partial charge on any atom is 0.249 e. The van der Waals surface area contributed by atoms with Gasteiger partial charge in [0.05, 0.1) is 23.5 Å². The number of para-hydroxylation sites is 1. The second kappa shape index (κ2) is 9.44. The number of carbonyl (C=O) groups is 2. The Labute approximate surface area is 150 Å². The molecule has 7 heteroatoms. The Morgan fingerprint density at radius 3 is 2.72 bits per heavy atom. The molecule has 0 saturated carbocycles. The van der Waals surface area contributed by atoms with Crippen molar-refractivity contribution in [2.75, 3.05) is 11.9 Å². The standard InChI is InChI=1S/C18H18ClN3O3/c1-2-25-14-7-5-6-13(10-14)12-20-22-18(24)11-17(23)21-16-9-4-3-8-15(16)19/h3-10,12H,2,11H2,1H3,(H,21,23)(H,22,24). The third-order valence-electron chi connectivity index (χ3n) is 3.04. The molecule has 0 saturated heterocycles. The summed E-state index contributed by atoms with van der Waals surface area (Å²) in [5, 5.41) is 6.81. The van der Waals surface area contributed by atoms with Gasteiger partial charge in [-0.15, -0.1) is 0 Å². The third kappa shape index (κ3) is 6.27. The van der Waals surface area contributed by atoms with E-state index in [0.29, 0.717) is 17.3 Å². The van der Waals surface area contributed by atoms with E-state index in [0.717, 1.165) is 11.3 Å². The summed E-state index contributed by atoms with van der Waals surface area (Å²) in [5.41, 5.74) is 3.54. The summed E-state index contributed by atoms with van der Waals surface area (Å²) in [6.07, 6.45) is 1.12. The number of halogens is 1. The van der Waals surface area contributed by atoms with Crippen LogP contribution in [0.5, 0.6) is 5.75 Å². The fraction of sp³-hybridized carbons (Fsp3) is 0.167. The van der Waals surface area contributed by atoms with E-state index in [9.17, 15) is 9.59 Å². The van der Waals surface area contributed by atoms with Gasteiger partial charge in [-0.25, -0.2) is 5.43 Å². The van der Waals surface area contributed by atoms with Crippen molar-refractivity contribution in [3.63, 3.8) is 0 Å². The SMILES string of the molecule is CCOc1cccc(C=NNC(=O)CC(=O)Nc2ccccc2Cl)c1. The fourth-order valence-electron chi connectivity index (χ4n) is 1.97. The number of carbonyl (C=O) groups excluding carboxylic acids is 2. The summed E-state index contributed by atoms with van der Waals surface area (Å²) in [5.74, 6) is -0.280. The lowest BCUT2D eigenvalue weighted by atomic mass is 10.2. The van der Waals surface area contributed by atoms with Crippen LogP contribution in [0.15, 0.2) is 53.6 Å². The number of benzene rings is 2. The Bertz CT molecular complexity index is 778. The van der Waals surface area contributed by atoms with Crippen molar-refractivity contribution >= 4 is 35.3 Å². The molecule has 6 nitrogen and oxygen atoms in total. The first-order chi connectivity index (χ1) is 12.1. The zero-order valence-corrected chi connectivity index (χ0v) is 14.4. The van der Waals surface area contributed by atoms with Crippen LogP contribution < -0.4 is 15.5 Å². The van der Waals surface area contributed by atoms with Gasteiger partial charge in [0.1, 0.15) is 12.2 Å². The van der Waals surface area contributed by atoms with E-state index in [1.54, 1.807) is 30.3 Å². The molecule has 2 amide bonds. The van der Waals surface area contributed by atoms with Crippen molar-refractivity contribution in [1.29, 1.82) is 0 Å². The van der Waals surface area contributed by atoms with Gasteiger partial charge >= 0.3 is 0 Å². The summed E-state index contributed by atoms with van der Waals surface area (Å²) in [6.45, 7) is 2.46. The molecule has 0 aliphatic heterocycles. The van der Waals surface area contributed by atoms with Gasteiger partial charge in [-0.05, 0) is 36.8 Å². The van der Waals surface area contributed by atoms with E-state index in [-0.39, 0.29) is 6.42 Å². The zero-order valence-electron chi connectivity index (χ0n) is 13.7. The van der Waals surface area contributed by atoms with Crippen molar-refractivity contribution in [1.82, 2.24) is 5.43 Å². The van der Waals surface area contributed by atoms with Gasteiger partial charge in [-0.2, -0.15) is 5.10 Å². The van der Waals surface area contributed by atoms with Crippen molar-refractivity contribution < 1.29 is 14.3 Å². The minimum Gasteiger partial charge on any atom is -0.494 e. The van der Waals surface area contributed by atoms with Crippen LogP contribution in [0.3, 0.4) is 0 Å². The molecule has 0 aliphatic carbocycles. The van der Waals surface area contributed by atoms with Gasteiger partial charge in [0.15, 0.2) is 0 Å². The van der Waals surface area contributed by atoms with Crippen molar-refractivity contribution in [2.24, 2.45) is 5.10 Å². The minimum absolute atomic E-state index is 0.360. The van der Waals surface area contributed by atoms with Gasteiger partial charge in [-0.1, -0.05) is 35.9 Å². The van der Waals surface area contributed by atoms with E-state index in [1.807, 2.05) is 25.1 Å². The first kappa shape index (κ1) is 18.5. The Morgan fingerprint density at radius 2 is 1.96 bits per heavy atom. The van der Waals surface area contributed by atoms with Crippen LogP contribution in [-0.4, -0.2) is 24.6 Å². The second-order valence-corrected chi connectivity index (χ2v) is 5.41. The lowest BCUT2D eigenvalue weighted by molar-refractivity contribution is -0.126. The fourth-order valence-corrected chi connectivity index (χ4v) is 2.16. The molecule has 0 radical (unpaired) electrons. The van der Waals surface area contributed by atoms with E-state index in [2.05, 4.69) is 15.8 Å². The number of hydrogen-bond donors (Lipinski definition) is 2. The van der Waals surface area contributed by atoms with Crippen molar-refractivity contribution in [3.05, 3.63) is 59.1 Å². The number of anilines is 1. The summed E-state index contributed by atoms with van der Waals surface area (Å²) < 4.78 is 5.38. The predicted octanol–water partition coefficient (Wildman–Crippen LogP) is 3.22. The lowest BCUT2D eigenvalue weighted by Crippen LogP contribution is -2.24. The topological polar surface area (TPSA) is 79.8 Å². The van der Waals surface area contributed by atoms with Gasteiger partial charge < -0.3 is 10.1 Å². The van der Waals surface area contributed by atoms with Crippen LogP contribution >= 0.6 is 11.6 Å². The normalized spacial score (nSPS) is 10.5. The largest absolute Gasteiger partial charge is 0.494 e. The maximum absolute atomic E-state index is 11.8. The molecule has 2 N–H and O–H groups in total. The molecule has 130 valence electrons. The quantitative estimate of drug-likeness (QED) is 0.452. The van der Waals surface area contributed by atoms with Crippen LogP contribution in [0.4, 0.5) is 5.69 Å². The summed E-state index contributed by atoms with van der Waals surface area (Å²) >= 11 is 5.94. The Balaban J connectivity index is 1.83. The molecule has 2 aromatic rings. The number of nitrogens with zero attached hydrogens (tertiary/aromatic N) is 1. The van der Waals surface area contributed by atoms with Crippen LogP contribution in [0, 0.1) is 0 Å². The molecule has 0 unspecified atom stereocenters. The van der Waals surface area contributed by atoms with Crippen LogP contribution in [-0.2, 0) is 9.59 Å². The molecule has 0 heterocycles. The molecule has 0 spiro atoms. The molecule has 2 aromatic carbocycles. The summed E-state index contributed by atoms with van der Waals surface area (Å²) in [6, 6.07) is 14.1. The monoisotopic (exact) mass is 359 g/mol. The number of hydrogen-bond acceptors (Lipinski definition) is 4. The van der Waals surface area contributed by atoms with Crippen molar-refractivity contribution in [3.8, 4) is 5.75 Å². The van der Waals surface area contributed by atoms with Gasteiger partial charge in [-0.3, -0.25) is 9.59 Å². The van der Waals surface area contributed by atoms with E-state index in [4.69, 9.17) is 16.3 Å². The van der Waals surface area contributed by atoms with E-state index >= 15 is 0 Å². The highest BCUT2D eigenvalue weighted by molar-refractivity contribution is 6.33. The third-order valence-corrected chi connectivity index (χ3v) is 3.37. The van der Waals surface area contributed by atoms with E-state index in [1.165, 1.54) is 6.21 Å². The highest BCUT2D eigenvalue weighted by Gasteiger charge is 2.10. The lowest BCUT2D eigenvalue weighted by Gasteiger charge is -2.06. The van der Waals surface area contributed by atoms with Gasteiger partial charge in [0.2, 0.25) is 11.8 Å². The number of amides is 2.